The van der Waals surface area contributed by atoms with E-state index in [1.807, 2.05) is 47.1 Å². The Labute approximate surface area is 174 Å². The van der Waals surface area contributed by atoms with E-state index in [-0.39, 0.29) is 11.7 Å². The molecule has 0 saturated heterocycles. The first-order valence-electron chi connectivity index (χ1n) is 8.58. The zero-order valence-corrected chi connectivity index (χ0v) is 17.2. The van der Waals surface area contributed by atoms with Gasteiger partial charge in [0.1, 0.15) is 11.4 Å². The predicted octanol–water partition coefficient (Wildman–Crippen LogP) is 4.37. The number of benzene rings is 2. The molecule has 0 atom stereocenters. The van der Waals surface area contributed by atoms with Crippen LogP contribution in [0, 0.1) is 0 Å². The maximum atomic E-state index is 12.3. The van der Waals surface area contributed by atoms with Crippen molar-refractivity contribution in [2.24, 2.45) is 0 Å². The summed E-state index contributed by atoms with van der Waals surface area (Å²) in [7, 11) is 0. The summed E-state index contributed by atoms with van der Waals surface area (Å²) < 4.78 is 2.69. The van der Waals surface area contributed by atoms with Gasteiger partial charge in [-0.15, -0.1) is 0 Å². The molecule has 0 bridgehead atoms. The van der Waals surface area contributed by atoms with Gasteiger partial charge in [0.05, 0.1) is 29.6 Å². The van der Waals surface area contributed by atoms with Crippen LogP contribution in [0.3, 0.4) is 0 Å². The number of hydrogen-bond acceptors (Lipinski definition) is 5. The molecule has 2 aromatic carbocycles. The zero-order valence-electron chi connectivity index (χ0n) is 14.7. The third-order valence-electron chi connectivity index (χ3n) is 4.06. The molecule has 6 nitrogen and oxygen atoms in total. The van der Waals surface area contributed by atoms with Crippen molar-refractivity contribution >= 4 is 50.3 Å². The van der Waals surface area contributed by atoms with Crippen LogP contribution in [0.2, 0.25) is 0 Å². The lowest BCUT2D eigenvalue weighted by molar-refractivity contribution is -0.113. The molecule has 1 N–H and O–H groups in total. The number of aromatic nitrogens is 4. The summed E-state index contributed by atoms with van der Waals surface area (Å²) in [4.78, 5) is 21.0. The fourth-order valence-electron chi connectivity index (χ4n) is 2.74. The van der Waals surface area contributed by atoms with Crippen LogP contribution in [0.25, 0.3) is 11.0 Å². The standard InChI is InChI=1S/C20H16BrN5OS/c21-16-8-4-5-9-17(16)25-18(27)12-28-20-15-10-24-26(19(15)22-13-23-20)11-14-6-2-1-3-7-14/h1-10,13H,11-12H2,(H,25,27). The highest BCUT2D eigenvalue weighted by atomic mass is 79.9. The molecule has 0 aliphatic heterocycles. The number of anilines is 1. The quantitative estimate of drug-likeness (QED) is 0.346. The second kappa shape index (κ2) is 8.53. The van der Waals surface area contributed by atoms with Crippen LogP contribution in [0.4, 0.5) is 5.69 Å². The molecule has 140 valence electrons. The van der Waals surface area contributed by atoms with Gasteiger partial charge in [-0.05, 0) is 33.6 Å². The predicted molar refractivity (Wildman–Crippen MR) is 114 cm³/mol. The average Bonchev–Trinajstić information content (AvgIpc) is 3.12. The number of nitrogens with zero attached hydrogens (tertiary/aromatic N) is 4. The molecule has 0 unspecified atom stereocenters. The molecule has 28 heavy (non-hydrogen) atoms. The van der Waals surface area contributed by atoms with Gasteiger partial charge in [0.2, 0.25) is 5.91 Å². The number of thioether (sulfide) groups is 1. The number of carbonyl (C=O) groups excluding carboxylic acids is 1. The molecule has 8 heteroatoms. The molecule has 4 aromatic rings. The third kappa shape index (κ3) is 4.23. The number of para-hydroxylation sites is 1. The second-order valence-electron chi connectivity index (χ2n) is 6.02. The number of carbonyl (C=O) groups is 1. The van der Waals surface area contributed by atoms with E-state index in [2.05, 4.69) is 48.4 Å². The molecule has 1 amide bonds. The Morgan fingerprint density at radius 2 is 1.86 bits per heavy atom. The summed E-state index contributed by atoms with van der Waals surface area (Å²) in [6.45, 7) is 0.633. The van der Waals surface area contributed by atoms with Gasteiger partial charge in [0.25, 0.3) is 0 Å². The lowest BCUT2D eigenvalue weighted by Gasteiger charge is -2.07. The minimum Gasteiger partial charge on any atom is -0.324 e. The lowest BCUT2D eigenvalue weighted by atomic mass is 10.2. The number of halogens is 1. The lowest BCUT2D eigenvalue weighted by Crippen LogP contribution is -2.14. The van der Waals surface area contributed by atoms with Crippen LogP contribution in [-0.2, 0) is 11.3 Å². The zero-order chi connectivity index (χ0) is 19.3. The topological polar surface area (TPSA) is 72.7 Å². The van der Waals surface area contributed by atoms with Crippen LogP contribution >= 0.6 is 27.7 Å². The third-order valence-corrected chi connectivity index (χ3v) is 5.76. The van der Waals surface area contributed by atoms with Gasteiger partial charge in [0.15, 0.2) is 5.65 Å². The minimum absolute atomic E-state index is 0.0969. The molecule has 0 saturated carbocycles. The number of rotatable bonds is 6. The largest absolute Gasteiger partial charge is 0.324 e. The first-order chi connectivity index (χ1) is 13.7. The van der Waals surface area contributed by atoms with E-state index in [1.54, 1.807) is 6.20 Å². The fraction of sp³-hybridized carbons (Fsp3) is 0.100. The summed E-state index contributed by atoms with van der Waals surface area (Å²) in [5, 5.41) is 8.93. The van der Waals surface area contributed by atoms with E-state index < -0.39 is 0 Å². The number of hydrogen-bond donors (Lipinski definition) is 1. The van der Waals surface area contributed by atoms with Crippen molar-refractivity contribution in [3.8, 4) is 0 Å². The summed E-state index contributed by atoms with van der Waals surface area (Å²) in [6.07, 6.45) is 3.27. The summed E-state index contributed by atoms with van der Waals surface area (Å²) in [6, 6.07) is 17.6. The summed E-state index contributed by atoms with van der Waals surface area (Å²) in [5.74, 6) is 0.150. The first kappa shape index (κ1) is 18.6. The molecule has 2 aromatic heterocycles. The summed E-state index contributed by atoms with van der Waals surface area (Å²) >= 11 is 4.80. The van der Waals surface area contributed by atoms with E-state index in [0.29, 0.717) is 6.54 Å². The van der Waals surface area contributed by atoms with Crippen molar-refractivity contribution in [2.75, 3.05) is 11.1 Å². The monoisotopic (exact) mass is 453 g/mol. The highest BCUT2D eigenvalue weighted by molar-refractivity contribution is 9.10. The van der Waals surface area contributed by atoms with E-state index in [9.17, 15) is 4.79 Å². The SMILES string of the molecule is O=C(CSc1ncnc2c1cnn2Cc1ccccc1)Nc1ccccc1Br. The minimum atomic E-state index is -0.0969. The van der Waals surface area contributed by atoms with Gasteiger partial charge >= 0.3 is 0 Å². The molecular weight excluding hydrogens is 438 g/mol. The smallest absolute Gasteiger partial charge is 0.234 e. The first-order valence-corrected chi connectivity index (χ1v) is 10.4. The number of nitrogens with one attached hydrogen (secondary N) is 1. The number of amides is 1. The molecule has 0 spiro atoms. The van der Waals surface area contributed by atoms with E-state index >= 15 is 0 Å². The van der Waals surface area contributed by atoms with Crippen molar-refractivity contribution in [3.05, 3.63) is 77.2 Å². The molecule has 2 heterocycles. The van der Waals surface area contributed by atoms with Crippen LogP contribution in [-0.4, -0.2) is 31.4 Å². The Balaban J connectivity index is 1.47. The van der Waals surface area contributed by atoms with Crippen molar-refractivity contribution < 1.29 is 4.79 Å². The highest BCUT2D eigenvalue weighted by Gasteiger charge is 2.13. The van der Waals surface area contributed by atoms with Crippen LogP contribution in [0.15, 0.2) is 76.6 Å². The van der Waals surface area contributed by atoms with E-state index in [1.165, 1.54) is 18.1 Å². The molecule has 0 aliphatic rings. The van der Waals surface area contributed by atoms with Gasteiger partial charge < -0.3 is 5.32 Å². The van der Waals surface area contributed by atoms with Crippen LogP contribution < -0.4 is 5.32 Å². The molecule has 0 radical (unpaired) electrons. The maximum Gasteiger partial charge on any atom is 0.234 e. The van der Waals surface area contributed by atoms with Crippen molar-refractivity contribution in [3.63, 3.8) is 0 Å². The van der Waals surface area contributed by atoms with E-state index in [0.717, 1.165) is 31.8 Å². The fourth-order valence-corrected chi connectivity index (χ4v) is 3.89. The molecule has 4 rings (SSSR count). The maximum absolute atomic E-state index is 12.3. The molecule has 0 aliphatic carbocycles. The highest BCUT2D eigenvalue weighted by Crippen LogP contribution is 2.26. The molecule has 0 fully saturated rings. The Kier molecular flexibility index (Phi) is 5.68. The van der Waals surface area contributed by atoms with Gasteiger partial charge in [-0.1, -0.05) is 54.2 Å². The van der Waals surface area contributed by atoms with Crippen molar-refractivity contribution in [1.29, 1.82) is 0 Å². The van der Waals surface area contributed by atoms with Gasteiger partial charge in [-0.25, -0.2) is 14.6 Å². The van der Waals surface area contributed by atoms with Crippen molar-refractivity contribution in [1.82, 2.24) is 19.7 Å². The Morgan fingerprint density at radius 3 is 2.68 bits per heavy atom. The van der Waals surface area contributed by atoms with Gasteiger partial charge in [-0.3, -0.25) is 4.79 Å². The number of fused-ring (bicyclic) bond motifs is 1. The second-order valence-corrected chi connectivity index (χ2v) is 7.84. The van der Waals surface area contributed by atoms with Crippen LogP contribution in [0.5, 0.6) is 0 Å². The Morgan fingerprint density at radius 1 is 1.07 bits per heavy atom. The van der Waals surface area contributed by atoms with E-state index in [4.69, 9.17) is 0 Å². The normalized spacial score (nSPS) is 10.9. The average molecular weight is 454 g/mol. The van der Waals surface area contributed by atoms with Crippen LogP contribution in [0.1, 0.15) is 5.56 Å². The molecular formula is C20H16BrN5OS. The van der Waals surface area contributed by atoms with Gasteiger partial charge in [0, 0.05) is 4.47 Å². The van der Waals surface area contributed by atoms with Gasteiger partial charge in [-0.2, -0.15) is 5.10 Å². The Hall–Kier alpha value is -2.71. The summed E-state index contributed by atoms with van der Waals surface area (Å²) in [5.41, 5.74) is 2.65. The Bertz CT molecular complexity index is 1120. The van der Waals surface area contributed by atoms with Crippen molar-refractivity contribution in [2.45, 2.75) is 11.6 Å².